The van der Waals surface area contributed by atoms with Gasteiger partial charge in [0.2, 0.25) is 0 Å². The maximum Gasteiger partial charge on any atom is 0.326 e. The van der Waals surface area contributed by atoms with Gasteiger partial charge in [-0.25, -0.2) is 9.59 Å². The Morgan fingerprint density at radius 3 is 2.52 bits per heavy atom. The summed E-state index contributed by atoms with van der Waals surface area (Å²) in [5, 5.41) is 7.13. The molecule has 0 aliphatic carbocycles. The van der Waals surface area contributed by atoms with E-state index in [2.05, 4.69) is 10.6 Å². The molecule has 2 atom stereocenters. The Kier molecular flexibility index (Phi) is 8.20. The molecule has 0 bridgehead atoms. The molecule has 1 rings (SSSR count). The van der Waals surface area contributed by atoms with Crippen LogP contribution in [0, 0.1) is 0 Å². The lowest BCUT2D eigenvalue weighted by Gasteiger charge is -2.21. The Balaban J connectivity index is 2.46. The molecule has 1 aliphatic heterocycles. The summed E-state index contributed by atoms with van der Waals surface area (Å²) in [5.74, 6) is -2.24. The second kappa shape index (κ2) is 9.89. The van der Waals surface area contributed by atoms with Crippen LogP contribution in [0.15, 0.2) is 0 Å². The van der Waals surface area contributed by atoms with Crippen molar-refractivity contribution in [2.75, 3.05) is 13.2 Å². The summed E-state index contributed by atoms with van der Waals surface area (Å²) in [7, 11) is 0. The maximum atomic E-state index is 12.4. The van der Waals surface area contributed by atoms with Gasteiger partial charge in [0, 0.05) is 6.04 Å². The number of nitrogens with zero attached hydrogens (tertiary/aromatic N) is 1. The minimum atomic E-state index is -1.04. The van der Waals surface area contributed by atoms with Gasteiger partial charge in [-0.1, -0.05) is 26.7 Å². The van der Waals surface area contributed by atoms with Crippen molar-refractivity contribution in [1.82, 2.24) is 20.9 Å². The van der Waals surface area contributed by atoms with E-state index in [1.807, 2.05) is 19.2 Å². The SMILES string of the molecule is CCCC[C@]1(C)NC(=O)N(CC(=O)OCC(=O)NC(=O)N[C@H](C)CC)C1=O. The number of unbranched alkanes of at least 4 members (excludes halogenated alkanes) is 1. The highest BCUT2D eigenvalue weighted by Crippen LogP contribution is 2.23. The van der Waals surface area contributed by atoms with E-state index in [4.69, 9.17) is 4.74 Å². The second-order valence-corrected chi connectivity index (χ2v) is 6.75. The summed E-state index contributed by atoms with van der Waals surface area (Å²) >= 11 is 0. The molecule has 0 unspecified atom stereocenters. The molecule has 27 heavy (non-hydrogen) atoms. The molecule has 0 aromatic rings. The number of carbonyl (C=O) groups excluding carboxylic acids is 5. The van der Waals surface area contributed by atoms with Crippen LogP contribution in [0.2, 0.25) is 0 Å². The Bertz CT molecular complexity index is 608. The number of rotatable bonds is 9. The number of carbonyl (C=O) groups is 5. The van der Waals surface area contributed by atoms with E-state index >= 15 is 0 Å². The van der Waals surface area contributed by atoms with E-state index in [1.165, 1.54) is 0 Å². The molecule has 1 heterocycles. The fourth-order valence-electron chi connectivity index (χ4n) is 2.44. The average molecular weight is 384 g/mol. The largest absolute Gasteiger partial charge is 0.454 e. The number of amides is 6. The molecule has 1 fully saturated rings. The van der Waals surface area contributed by atoms with Crippen LogP contribution < -0.4 is 16.0 Å². The Hall–Kier alpha value is -2.65. The van der Waals surface area contributed by atoms with Gasteiger partial charge < -0.3 is 15.4 Å². The number of esters is 1. The van der Waals surface area contributed by atoms with Gasteiger partial charge in [0.1, 0.15) is 12.1 Å². The van der Waals surface area contributed by atoms with Crippen molar-refractivity contribution in [3.05, 3.63) is 0 Å². The summed E-state index contributed by atoms with van der Waals surface area (Å²) in [6.07, 6.45) is 2.77. The monoisotopic (exact) mass is 384 g/mol. The van der Waals surface area contributed by atoms with Crippen LogP contribution in [-0.4, -0.2) is 59.5 Å². The molecule has 152 valence electrons. The number of imide groups is 2. The number of hydrogen-bond acceptors (Lipinski definition) is 6. The van der Waals surface area contributed by atoms with Crippen LogP contribution in [-0.2, 0) is 19.1 Å². The number of nitrogens with one attached hydrogen (secondary N) is 3. The van der Waals surface area contributed by atoms with Gasteiger partial charge in [0.15, 0.2) is 6.61 Å². The highest BCUT2D eigenvalue weighted by Gasteiger charge is 2.47. The summed E-state index contributed by atoms with van der Waals surface area (Å²) < 4.78 is 4.74. The normalized spacial score (nSPS) is 20.1. The van der Waals surface area contributed by atoms with E-state index < -0.39 is 48.5 Å². The number of ether oxygens (including phenoxy) is 1. The molecule has 10 nitrogen and oxygen atoms in total. The van der Waals surface area contributed by atoms with Crippen LogP contribution in [0.1, 0.15) is 53.4 Å². The molecular weight excluding hydrogens is 356 g/mol. The molecule has 1 saturated heterocycles. The summed E-state index contributed by atoms with van der Waals surface area (Å²) in [6, 6.07) is -1.47. The molecule has 6 amide bonds. The van der Waals surface area contributed by atoms with Gasteiger partial charge in [0.05, 0.1) is 0 Å². The smallest absolute Gasteiger partial charge is 0.326 e. The fraction of sp³-hybridized carbons (Fsp3) is 0.706. The predicted octanol–water partition coefficient (Wildman–Crippen LogP) is 0.655. The standard InChI is InChI=1S/C17H28N4O6/c1-5-7-8-17(4)14(24)21(16(26)20-17)9-13(23)27-10-12(22)19-15(25)18-11(3)6-2/h11H,5-10H2,1-4H3,(H,20,26)(H2,18,19,22,25)/t11-,17+/m1/s1. The van der Waals surface area contributed by atoms with E-state index in [0.717, 1.165) is 17.7 Å². The van der Waals surface area contributed by atoms with Gasteiger partial charge in [0.25, 0.3) is 11.8 Å². The average Bonchev–Trinajstić information content (AvgIpc) is 2.81. The Morgan fingerprint density at radius 1 is 1.26 bits per heavy atom. The fourth-order valence-corrected chi connectivity index (χ4v) is 2.44. The summed E-state index contributed by atoms with van der Waals surface area (Å²) in [4.78, 5) is 60.1. The Morgan fingerprint density at radius 2 is 1.93 bits per heavy atom. The highest BCUT2D eigenvalue weighted by molar-refractivity contribution is 6.08. The number of hydrogen-bond donors (Lipinski definition) is 3. The molecule has 3 N–H and O–H groups in total. The first kappa shape index (κ1) is 22.4. The minimum absolute atomic E-state index is 0.109. The van der Waals surface area contributed by atoms with Crippen molar-refractivity contribution in [1.29, 1.82) is 0 Å². The molecule has 10 heteroatoms. The molecule has 0 spiro atoms. The van der Waals surface area contributed by atoms with Gasteiger partial charge in [-0.05, 0) is 26.7 Å². The van der Waals surface area contributed by atoms with E-state index in [0.29, 0.717) is 12.8 Å². The molecule has 0 radical (unpaired) electrons. The van der Waals surface area contributed by atoms with Crippen molar-refractivity contribution >= 4 is 29.8 Å². The molecule has 0 saturated carbocycles. The van der Waals surface area contributed by atoms with Gasteiger partial charge in [-0.2, -0.15) is 0 Å². The molecule has 0 aromatic carbocycles. The zero-order valence-electron chi connectivity index (χ0n) is 16.2. The van der Waals surface area contributed by atoms with Gasteiger partial charge >= 0.3 is 18.0 Å². The summed E-state index contributed by atoms with van der Waals surface area (Å²) in [5.41, 5.74) is -1.04. The first-order chi connectivity index (χ1) is 12.6. The van der Waals surface area contributed by atoms with Crippen molar-refractivity contribution in [2.24, 2.45) is 0 Å². The van der Waals surface area contributed by atoms with Crippen molar-refractivity contribution in [3.63, 3.8) is 0 Å². The highest BCUT2D eigenvalue weighted by atomic mass is 16.5. The summed E-state index contributed by atoms with van der Waals surface area (Å²) in [6.45, 7) is 5.93. The van der Waals surface area contributed by atoms with Gasteiger partial charge in [-0.15, -0.1) is 0 Å². The van der Waals surface area contributed by atoms with E-state index in [9.17, 15) is 24.0 Å². The molecule has 0 aromatic heterocycles. The number of urea groups is 2. The van der Waals surface area contributed by atoms with Crippen molar-refractivity contribution < 1.29 is 28.7 Å². The lowest BCUT2D eigenvalue weighted by atomic mass is 9.95. The van der Waals surface area contributed by atoms with E-state index in [1.54, 1.807) is 13.8 Å². The lowest BCUT2D eigenvalue weighted by molar-refractivity contribution is -0.150. The van der Waals surface area contributed by atoms with Gasteiger partial charge in [-0.3, -0.25) is 24.6 Å². The van der Waals surface area contributed by atoms with Crippen molar-refractivity contribution in [3.8, 4) is 0 Å². The zero-order chi connectivity index (χ0) is 20.6. The Labute approximate surface area is 158 Å². The first-order valence-electron chi connectivity index (χ1n) is 9.03. The van der Waals surface area contributed by atoms with E-state index in [-0.39, 0.29) is 6.04 Å². The van der Waals surface area contributed by atoms with Crippen LogP contribution in [0.25, 0.3) is 0 Å². The third-order valence-corrected chi connectivity index (χ3v) is 4.27. The predicted molar refractivity (Wildman–Crippen MR) is 95.6 cm³/mol. The maximum absolute atomic E-state index is 12.4. The van der Waals surface area contributed by atoms with Crippen LogP contribution in [0.5, 0.6) is 0 Å². The van der Waals surface area contributed by atoms with Crippen LogP contribution in [0.3, 0.4) is 0 Å². The zero-order valence-corrected chi connectivity index (χ0v) is 16.2. The first-order valence-corrected chi connectivity index (χ1v) is 9.03. The van der Waals surface area contributed by atoms with Crippen LogP contribution >= 0.6 is 0 Å². The minimum Gasteiger partial charge on any atom is -0.454 e. The van der Waals surface area contributed by atoms with Crippen LogP contribution in [0.4, 0.5) is 9.59 Å². The third-order valence-electron chi connectivity index (χ3n) is 4.27. The van der Waals surface area contributed by atoms with Crippen molar-refractivity contribution in [2.45, 2.75) is 65.0 Å². The second-order valence-electron chi connectivity index (χ2n) is 6.75. The molecule has 1 aliphatic rings. The lowest BCUT2D eigenvalue weighted by Crippen LogP contribution is -2.45. The topological polar surface area (TPSA) is 134 Å². The third kappa shape index (κ3) is 6.54. The molecular formula is C17H28N4O6. The quantitative estimate of drug-likeness (QED) is 0.395.